The van der Waals surface area contributed by atoms with Crippen LogP contribution in [0.5, 0.6) is 0 Å². The summed E-state index contributed by atoms with van der Waals surface area (Å²) in [6.45, 7) is 22.5. The monoisotopic (exact) mass is 1480 g/mol. The number of imidazole rings is 3. The molecule has 2 saturated heterocycles. The van der Waals surface area contributed by atoms with Crippen LogP contribution in [0.4, 0.5) is 26.3 Å². The number of hydrogen-bond donors (Lipinski definition) is 2. The molecule has 7 fully saturated rings. The number of carbonyl (C=O) groups is 2. The summed E-state index contributed by atoms with van der Waals surface area (Å²) in [5, 5.41) is 5.76. The fraction of sp³-hybridized carbons (Fsp3) is 0.657. The van der Waals surface area contributed by atoms with Crippen LogP contribution in [-0.2, 0) is 84.0 Å². The zero-order valence-corrected chi connectivity index (χ0v) is 61.4. The summed E-state index contributed by atoms with van der Waals surface area (Å²) in [5.74, 6) is -5.60. The minimum absolute atomic E-state index is 0.00841. The zero-order valence-electron chi connectivity index (χ0n) is 58.2. The van der Waals surface area contributed by atoms with Crippen molar-refractivity contribution in [1.82, 2.24) is 47.9 Å². The van der Waals surface area contributed by atoms with Crippen molar-refractivity contribution in [2.75, 3.05) is 39.4 Å². The van der Waals surface area contributed by atoms with E-state index >= 15 is 0 Å². The van der Waals surface area contributed by atoms with Crippen LogP contribution in [0.2, 0.25) is 0 Å². The van der Waals surface area contributed by atoms with Crippen molar-refractivity contribution in [3.05, 3.63) is 79.0 Å². The fourth-order valence-electron chi connectivity index (χ4n) is 14.0. The van der Waals surface area contributed by atoms with Crippen molar-refractivity contribution in [1.29, 1.82) is 0 Å². The molecule has 2 N–H and O–H groups in total. The third-order valence-electron chi connectivity index (χ3n) is 20.0. The highest BCUT2D eigenvalue weighted by Crippen LogP contribution is 2.43. The van der Waals surface area contributed by atoms with Gasteiger partial charge in [-0.1, -0.05) is 41.5 Å². The number of rotatable bonds is 16. The van der Waals surface area contributed by atoms with Gasteiger partial charge in [0.1, 0.15) is 23.9 Å². The van der Waals surface area contributed by atoms with Gasteiger partial charge in [-0.05, 0) is 150 Å². The lowest BCUT2D eigenvalue weighted by atomic mass is 9.86. The van der Waals surface area contributed by atoms with E-state index in [4.69, 9.17) is 30.1 Å². The molecule has 30 heteroatoms. The molecule has 2 aliphatic heterocycles. The second-order valence-electron chi connectivity index (χ2n) is 31.3. The Labute approximate surface area is 586 Å². The van der Waals surface area contributed by atoms with Crippen LogP contribution in [-0.4, -0.2) is 156 Å². The van der Waals surface area contributed by atoms with Crippen LogP contribution in [0, 0.1) is 24.7 Å². The average molecular weight is 1480 g/mol. The summed E-state index contributed by atoms with van der Waals surface area (Å²) < 4.78 is 179. The molecule has 100 heavy (non-hydrogen) atoms. The summed E-state index contributed by atoms with van der Waals surface area (Å²) >= 11 is 0. The highest BCUT2D eigenvalue weighted by Gasteiger charge is 2.43. The minimum Gasteiger partial charge on any atom is -0.366 e. The maximum absolute atomic E-state index is 13.7. The molecule has 550 valence electrons. The van der Waals surface area contributed by atoms with Crippen LogP contribution in [0.1, 0.15) is 176 Å². The number of ether oxygens (including phenoxy) is 2. The van der Waals surface area contributed by atoms with Gasteiger partial charge in [-0.3, -0.25) is 9.59 Å². The number of halogens is 7. The molecule has 7 aliphatic rings. The molecule has 0 unspecified atom stereocenters. The third-order valence-corrected chi connectivity index (χ3v) is 25.1. The molecule has 2 atom stereocenters. The van der Waals surface area contributed by atoms with E-state index in [1.165, 1.54) is 20.7 Å². The van der Waals surface area contributed by atoms with Gasteiger partial charge in [0.2, 0.25) is 37.8 Å². The Morgan fingerprint density at radius 3 is 1.10 bits per heavy atom. The Hall–Kier alpha value is -5.56. The first-order valence-corrected chi connectivity index (χ1v) is 40.0. The number of nitrogens with zero attached hydrogens (tertiary/aromatic N) is 8. The number of sulfonamides is 2. The topological polar surface area (TPSA) is 239 Å². The highest BCUT2D eigenvalue weighted by atomic mass is 35.7. The summed E-state index contributed by atoms with van der Waals surface area (Å²) in [7, 11) is -6.15. The number of morpholine rings is 2. The maximum atomic E-state index is 13.7. The Balaban J connectivity index is 0.000000154. The smallest absolute Gasteiger partial charge is 0.261 e. The molecule has 0 radical (unpaired) electrons. The van der Waals surface area contributed by atoms with Crippen molar-refractivity contribution < 1.29 is 70.7 Å². The van der Waals surface area contributed by atoms with Crippen LogP contribution < -0.4 is 10.6 Å². The molecular weight excluding hydrogens is 1390 g/mol. The van der Waals surface area contributed by atoms with E-state index in [2.05, 4.69) is 27.1 Å². The highest BCUT2D eigenvalue weighted by molar-refractivity contribution is 8.13. The maximum Gasteiger partial charge on any atom is 0.261 e. The van der Waals surface area contributed by atoms with E-state index in [9.17, 15) is 61.2 Å². The van der Waals surface area contributed by atoms with Gasteiger partial charge in [-0.2, -0.15) is 8.61 Å². The number of hydrogen-bond acceptors (Lipinski definition) is 13. The molecule has 0 bridgehead atoms. The second-order valence-corrected chi connectivity index (χ2v) is 37.8. The van der Waals surface area contributed by atoms with Crippen molar-refractivity contribution >= 4 is 84.7 Å². The molecule has 6 aromatic rings. The van der Waals surface area contributed by atoms with Gasteiger partial charge in [-0.25, -0.2) is 66.5 Å². The van der Waals surface area contributed by atoms with Crippen LogP contribution in [0.3, 0.4) is 0 Å². The Morgan fingerprint density at radius 2 is 0.800 bits per heavy atom. The predicted octanol–water partition coefficient (Wildman–Crippen LogP) is 12.6. The van der Waals surface area contributed by atoms with Gasteiger partial charge >= 0.3 is 0 Å². The average Bonchev–Trinajstić information content (AvgIpc) is 1.03. The lowest BCUT2D eigenvalue weighted by molar-refractivity contribution is -0.137. The minimum atomic E-state index is -3.89. The lowest BCUT2D eigenvalue weighted by Gasteiger charge is -2.31. The molecule has 2 amide bonds. The first-order chi connectivity index (χ1) is 46.5. The summed E-state index contributed by atoms with van der Waals surface area (Å²) in [6.07, 6.45) is 4.22. The molecule has 5 aliphatic carbocycles. The predicted molar refractivity (Wildman–Crippen MR) is 368 cm³/mol. The number of nitrogens with one attached hydrogen (secondary N) is 2. The van der Waals surface area contributed by atoms with E-state index < -0.39 is 64.5 Å². The van der Waals surface area contributed by atoms with E-state index in [-0.39, 0.29) is 145 Å². The molecule has 5 saturated carbocycles. The van der Waals surface area contributed by atoms with E-state index in [1.807, 2.05) is 64.5 Å². The zero-order chi connectivity index (χ0) is 72.5. The Morgan fingerprint density at radius 1 is 0.500 bits per heavy atom. The molecule has 13 rings (SSSR count). The number of aromatic nitrogens is 6. The van der Waals surface area contributed by atoms with Crippen molar-refractivity contribution in [3.8, 4) is 0 Å². The van der Waals surface area contributed by atoms with Gasteiger partial charge in [0, 0.05) is 118 Å². The normalized spacial score (nSPS) is 22.6. The van der Waals surface area contributed by atoms with Gasteiger partial charge in [0.15, 0.2) is 11.2 Å². The number of carbonyl (C=O) groups excluding carboxylic acids is 2. The molecule has 3 aromatic heterocycles. The summed E-state index contributed by atoms with van der Waals surface area (Å²) in [6, 6.07) is 14.7. The van der Waals surface area contributed by atoms with Crippen molar-refractivity contribution in [2.24, 2.45) is 17.8 Å². The number of fused-ring (bicyclic) bond motifs is 3. The van der Waals surface area contributed by atoms with Gasteiger partial charge in [0.25, 0.3) is 20.9 Å². The largest absolute Gasteiger partial charge is 0.366 e. The lowest BCUT2D eigenvalue weighted by Crippen LogP contribution is -2.51. The van der Waals surface area contributed by atoms with Crippen LogP contribution >= 0.6 is 10.7 Å². The third kappa shape index (κ3) is 18.0. The Kier molecular flexibility index (Phi) is 21.5. The molecule has 3 aromatic carbocycles. The molecule has 20 nitrogen and oxygen atoms in total. The fourth-order valence-corrected chi connectivity index (χ4v) is 17.6. The van der Waals surface area contributed by atoms with Crippen molar-refractivity contribution in [2.45, 2.75) is 251 Å². The van der Waals surface area contributed by atoms with Crippen LogP contribution in [0.25, 0.3) is 33.1 Å². The van der Waals surface area contributed by atoms with Gasteiger partial charge in [-0.15, -0.1) is 0 Å². The van der Waals surface area contributed by atoms with E-state index in [1.54, 1.807) is 42.5 Å². The summed E-state index contributed by atoms with van der Waals surface area (Å²) in [5.41, 5.74) is 2.84. The number of amides is 2. The second kappa shape index (κ2) is 28.5. The quantitative estimate of drug-likeness (QED) is 0.0521. The molecular formula is C70H94ClF6N10O10S3+. The first kappa shape index (κ1) is 75.6. The standard InChI is InChI=1S/C26H36F2N4O4S.C26H34F2N4O4S.C18H23ClF2N2O2S/c2*1-25(2,3)24-30-20-14-19(6-7-21(20)32(24)15-17-8-10-26(27,28)11-9-17)37(34,35)31-12-13-36-22(16-31)23(33)29-18-4-5-18;1-17(2,3)16-22-14-10-13(26(19,24)25)4-5-15(14)23(16)11-12-6-8-18(20,21)9-7-12/h6-7,14,17-18,22H,4-5,8-13,15-16H2,1-3H3,(H,29,33);6-7,14,17-18,22H,1,4-5,8-13,15-16H2,2-3H3;4-5,10,12H,6-9,11H2,1-3H3/p+1/t2*22-;/m10./s1. The molecule has 0 spiro atoms. The Bertz CT molecular complexity index is 4140. The molecule has 5 heterocycles. The van der Waals surface area contributed by atoms with Crippen LogP contribution in [0.15, 0.2) is 69.3 Å². The summed E-state index contributed by atoms with van der Waals surface area (Å²) in [4.78, 5) is 39.4. The van der Waals surface area contributed by atoms with Gasteiger partial charge in [0.05, 0.1) is 67.9 Å². The number of alkyl halides is 6. The van der Waals surface area contributed by atoms with E-state index in [0.717, 1.165) is 53.9 Å². The van der Waals surface area contributed by atoms with Crippen molar-refractivity contribution in [3.63, 3.8) is 0 Å². The first-order valence-electron chi connectivity index (χ1n) is 34.8. The number of benzene rings is 3. The van der Waals surface area contributed by atoms with E-state index in [0.29, 0.717) is 80.5 Å². The SMILES string of the molecule is CC(C)(C)c1nc2cc(S(=O)(=O)Cl)ccc2n1CC1CCC(F)(F)CC1.CC(C)(C)c1nc2cc(S(=O)(=O)N3CCO[C@@H](C(=O)NC4CC4)C3)ccc2n1CC1CCC(F)(F)CC1.[CH2+]C(C)(C)c1nc2cc(S(=O)(=O)N3CCO[C@H](C(=O)NC4CC4)C3)ccc2n1CC1CCC(F)(F)CC1. The van der Waals surface area contributed by atoms with Gasteiger partial charge < -0.3 is 33.8 Å².